The molecular weight excluding hydrogens is 348 g/mol. The number of nitrogens with one attached hydrogen (secondary N) is 1. The van der Waals surface area contributed by atoms with Crippen LogP contribution in [-0.2, 0) is 16.6 Å². The summed E-state index contributed by atoms with van der Waals surface area (Å²) >= 11 is 3.37. The van der Waals surface area contributed by atoms with Crippen molar-refractivity contribution in [2.24, 2.45) is 13.0 Å². The predicted octanol–water partition coefficient (Wildman–Crippen LogP) is 2.17. The summed E-state index contributed by atoms with van der Waals surface area (Å²) in [6.45, 7) is 0.395. The first-order valence-electron chi connectivity index (χ1n) is 6.88. The molecule has 1 aromatic carbocycles. The number of hydrogen-bond acceptors (Lipinski definition) is 3. The maximum atomic E-state index is 12.3. The van der Waals surface area contributed by atoms with Gasteiger partial charge in [-0.2, -0.15) is 5.10 Å². The van der Waals surface area contributed by atoms with Crippen LogP contribution in [0.25, 0.3) is 0 Å². The van der Waals surface area contributed by atoms with E-state index in [1.165, 1.54) is 0 Å². The summed E-state index contributed by atoms with van der Waals surface area (Å²) in [5, 5.41) is 6.80. The van der Waals surface area contributed by atoms with Gasteiger partial charge < -0.3 is 10.2 Å². The Morgan fingerprint density at radius 1 is 1.36 bits per heavy atom. The van der Waals surface area contributed by atoms with Crippen LogP contribution in [0.15, 0.2) is 41.1 Å². The van der Waals surface area contributed by atoms with Gasteiger partial charge in [-0.25, -0.2) is 0 Å². The van der Waals surface area contributed by atoms with Crippen LogP contribution in [-0.4, -0.2) is 28.1 Å². The van der Waals surface area contributed by atoms with E-state index >= 15 is 0 Å². The molecule has 1 atom stereocenters. The predicted molar refractivity (Wildman–Crippen MR) is 86.4 cm³/mol. The molecule has 1 unspecified atom stereocenters. The molecular formula is C15H15BrN4O2. The van der Waals surface area contributed by atoms with Crippen molar-refractivity contribution in [2.75, 3.05) is 16.8 Å². The van der Waals surface area contributed by atoms with Crippen LogP contribution >= 0.6 is 15.9 Å². The van der Waals surface area contributed by atoms with E-state index < -0.39 is 0 Å². The summed E-state index contributed by atoms with van der Waals surface area (Å²) in [6.07, 6.45) is 3.53. The van der Waals surface area contributed by atoms with E-state index in [0.29, 0.717) is 12.2 Å². The maximum Gasteiger partial charge on any atom is 0.229 e. The Kier molecular flexibility index (Phi) is 3.98. The second-order valence-electron chi connectivity index (χ2n) is 5.27. The molecule has 2 amide bonds. The summed E-state index contributed by atoms with van der Waals surface area (Å²) in [5.74, 6) is -0.536. The second kappa shape index (κ2) is 5.92. The number of hydrogen-bond donors (Lipinski definition) is 1. The molecule has 1 saturated heterocycles. The Morgan fingerprint density at radius 3 is 2.73 bits per heavy atom. The fraction of sp³-hybridized carbons (Fsp3) is 0.267. The Balaban J connectivity index is 1.68. The number of anilines is 2. The monoisotopic (exact) mass is 362 g/mol. The first-order valence-corrected chi connectivity index (χ1v) is 7.67. The number of aromatic nitrogens is 2. The molecule has 2 heterocycles. The van der Waals surface area contributed by atoms with Crippen molar-refractivity contribution in [1.82, 2.24) is 9.78 Å². The van der Waals surface area contributed by atoms with Gasteiger partial charge in [0.15, 0.2) is 0 Å². The molecule has 7 heteroatoms. The van der Waals surface area contributed by atoms with E-state index in [2.05, 4.69) is 26.3 Å². The third kappa shape index (κ3) is 3.04. The van der Waals surface area contributed by atoms with Crippen molar-refractivity contribution in [3.63, 3.8) is 0 Å². The molecule has 1 fully saturated rings. The zero-order chi connectivity index (χ0) is 15.7. The van der Waals surface area contributed by atoms with Gasteiger partial charge in [-0.15, -0.1) is 0 Å². The van der Waals surface area contributed by atoms with Gasteiger partial charge in [0.05, 0.1) is 17.8 Å². The van der Waals surface area contributed by atoms with Crippen LogP contribution in [0.4, 0.5) is 11.4 Å². The van der Waals surface area contributed by atoms with E-state index in [4.69, 9.17) is 0 Å². The lowest BCUT2D eigenvalue weighted by molar-refractivity contribution is -0.122. The van der Waals surface area contributed by atoms with Crippen molar-refractivity contribution in [3.05, 3.63) is 41.1 Å². The van der Waals surface area contributed by atoms with Crippen LogP contribution in [0.1, 0.15) is 6.42 Å². The van der Waals surface area contributed by atoms with Gasteiger partial charge in [0.2, 0.25) is 11.8 Å². The molecule has 0 radical (unpaired) electrons. The number of aryl methyl sites for hydroxylation is 1. The third-order valence-electron chi connectivity index (χ3n) is 3.61. The molecule has 114 valence electrons. The van der Waals surface area contributed by atoms with Gasteiger partial charge in [0.25, 0.3) is 0 Å². The van der Waals surface area contributed by atoms with Gasteiger partial charge in [-0.3, -0.25) is 14.3 Å². The first-order chi connectivity index (χ1) is 10.5. The highest BCUT2D eigenvalue weighted by molar-refractivity contribution is 9.10. The summed E-state index contributed by atoms with van der Waals surface area (Å²) < 4.78 is 2.57. The Hall–Kier alpha value is -2.15. The zero-order valence-corrected chi connectivity index (χ0v) is 13.6. The van der Waals surface area contributed by atoms with Gasteiger partial charge in [-0.05, 0) is 24.3 Å². The topological polar surface area (TPSA) is 67.2 Å². The molecule has 1 N–H and O–H groups in total. The van der Waals surface area contributed by atoms with Crippen molar-refractivity contribution >= 4 is 39.1 Å². The van der Waals surface area contributed by atoms with Crippen LogP contribution in [0, 0.1) is 5.92 Å². The average molecular weight is 363 g/mol. The highest BCUT2D eigenvalue weighted by Crippen LogP contribution is 2.27. The lowest BCUT2D eigenvalue weighted by Crippen LogP contribution is -2.28. The van der Waals surface area contributed by atoms with E-state index in [9.17, 15) is 9.59 Å². The van der Waals surface area contributed by atoms with Crippen molar-refractivity contribution in [1.29, 1.82) is 0 Å². The number of rotatable bonds is 3. The van der Waals surface area contributed by atoms with Gasteiger partial charge in [-0.1, -0.05) is 15.9 Å². The summed E-state index contributed by atoms with van der Waals surface area (Å²) in [5.41, 5.74) is 1.45. The Morgan fingerprint density at radius 2 is 2.09 bits per heavy atom. The number of benzene rings is 1. The minimum Gasteiger partial charge on any atom is -0.323 e. The minimum absolute atomic E-state index is 0.0336. The van der Waals surface area contributed by atoms with Gasteiger partial charge in [0.1, 0.15) is 0 Å². The number of nitrogens with zero attached hydrogens (tertiary/aromatic N) is 3. The summed E-state index contributed by atoms with van der Waals surface area (Å²) in [4.78, 5) is 26.1. The number of carbonyl (C=O) groups is 2. The normalized spacial score (nSPS) is 17.8. The first kappa shape index (κ1) is 14.8. The molecule has 1 aliphatic rings. The molecule has 6 nitrogen and oxygen atoms in total. The summed E-state index contributed by atoms with van der Waals surface area (Å²) in [7, 11) is 1.78. The molecule has 0 saturated carbocycles. The Bertz CT molecular complexity index is 711. The highest BCUT2D eigenvalue weighted by Gasteiger charge is 2.35. The fourth-order valence-electron chi connectivity index (χ4n) is 2.48. The van der Waals surface area contributed by atoms with Crippen molar-refractivity contribution in [3.8, 4) is 0 Å². The molecule has 3 rings (SSSR count). The number of amides is 2. The minimum atomic E-state index is -0.351. The SMILES string of the molecule is Cn1cc(NC(=O)C2CC(=O)N(c3ccc(Br)cc3)C2)cn1. The molecule has 22 heavy (non-hydrogen) atoms. The molecule has 1 aromatic heterocycles. The van der Waals surface area contributed by atoms with Crippen LogP contribution in [0.3, 0.4) is 0 Å². The van der Waals surface area contributed by atoms with Crippen molar-refractivity contribution in [2.45, 2.75) is 6.42 Å². The molecule has 0 bridgehead atoms. The van der Waals surface area contributed by atoms with E-state index in [-0.39, 0.29) is 24.2 Å². The standard InChI is InChI=1S/C15H15BrN4O2/c1-19-9-12(7-17-19)18-15(22)10-6-14(21)20(8-10)13-4-2-11(16)3-5-13/h2-5,7,9-10H,6,8H2,1H3,(H,18,22). The largest absolute Gasteiger partial charge is 0.323 e. The van der Waals surface area contributed by atoms with Crippen LogP contribution < -0.4 is 10.2 Å². The quantitative estimate of drug-likeness (QED) is 0.909. The van der Waals surface area contributed by atoms with E-state index in [0.717, 1.165) is 10.2 Å². The van der Waals surface area contributed by atoms with E-state index in [1.54, 1.807) is 29.0 Å². The number of carbonyl (C=O) groups excluding carboxylic acids is 2. The number of halogens is 1. The molecule has 0 aliphatic carbocycles. The molecule has 1 aliphatic heterocycles. The van der Waals surface area contributed by atoms with Gasteiger partial charge in [0, 0.05) is 36.4 Å². The van der Waals surface area contributed by atoms with Crippen LogP contribution in [0.2, 0.25) is 0 Å². The zero-order valence-electron chi connectivity index (χ0n) is 12.0. The van der Waals surface area contributed by atoms with Crippen LogP contribution in [0.5, 0.6) is 0 Å². The fourth-order valence-corrected chi connectivity index (χ4v) is 2.75. The maximum absolute atomic E-state index is 12.3. The lowest BCUT2D eigenvalue weighted by Gasteiger charge is -2.16. The highest BCUT2D eigenvalue weighted by atomic mass is 79.9. The average Bonchev–Trinajstić information content (AvgIpc) is 3.06. The smallest absolute Gasteiger partial charge is 0.229 e. The van der Waals surface area contributed by atoms with Gasteiger partial charge >= 0.3 is 0 Å². The second-order valence-corrected chi connectivity index (χ2v) is 6.19. The Labute approximate surface area is 136 Å². The molecule has 2 aromatic rings. The van der Waals surface area contributed by atoms with E-state index in [1.807, 2.05) is 24.3 Å². The summed E-state index contributed by atoms with van der Waals surface area (Å²) in [6, 6.07) is 7.49. The molecule has 0 spiro atoms. The third-order valence-corrected chi connectivity index (χ3v) is 4.14. The lowest BCUT2D eigenvalue weighted by atomic mass is 10.1. The van der Waals surface area contributed by atoms with Crippen molar-refractivity contribution < 1.29 is 9.59 Å².